The van der Waals surface area contributed by atoms with Gasteiger partial charge in [-0.2, -0.15) is 0 Å². The number of aryl methyl sites for hydroxylation is 1. The van der Waals surface area contributed by atoms with Crippen molar-refractivity contribution in [2.75, 3.05) is 43.4 Å². The molecule has 0 aliphatic carbocycles. The Labute approximate surface area is 149 Å². The molecule has 1 aromatic rings. The molecule has 1 aromatic carbocycles. The predicted molar refractivity (Wildman–Crippen MR) is 97.1 cm³/mol. The molecular formula is C18H26N2O4S. The number of likely N-dealkylation sites (tertiary alicyclic amines) is 1. The first kappa shape index (κ1) is 18.2. The minimum Gasteiger partial charge on any atom is -0.381 e. The molecule has 2 aliphatic rings. The van der Waals surface area contributed by atoms with Crippen LogP contribution in [0.5, 0.6) is 0 Å². The maximum absolute atomic E-state index is 12.8. The molecule has 2 saturated heterocycles. The summed E-state index contributed by atoms with van der Waals surface area (Å²) in [4.78, 5) is 14.6. The summed E-state index contributed by atoms with van der Waals surface area (Å²) in [7, 11) is -3.53. The first-order chi connectivity index (χ1) is 11.8. The van der Waals surface area contributed by atoms with E-state index >= 15 is 0 Å². The minimum atomic E-state index is -3.53. The number of carbonyl (C=O) groups excluding carboxylic acids is 1. The molecule has 2 aliphatic heterocycles. The van der Waals surface area contributed by atoms with Gasteiger partial charge in [0.15, 0.2) is 0 Å². The fourth-order valence-corrected chi connectivity index (χ4v) is 4.58. The van der Waals surface area contributed by atoms with E-state index in [9.17, 15) is 13.2 Å². The SMILES string of the molecule is Cc1ccc(N(CC(=O)N2CCC[C@]3(CCOC3)C2)S(C)(=O)=O)cc1. The molecule has 0 N–H and O–H groups in total. The van der Waals surface area contributed by atoms with Crippen LogP contribution in [0.15, 0.2) is 24.3 Å². The Bertz CT molecular complexity index is 724. The minimum absolute atomic E-state index is 0.0632. The second-order valence-electron chi connectivity index (χ2n) is 7.33. The molecule has 1 spiro atoms. The highest BCUT2D eigenvalue weighted by molar-refractivity contribution is 7.92. The van der Waals surface area contributed by atoms with Crippen LogP contribution in [0.3, 0.4) is 0 Å². The van der Waals surface area contributed by atoms with Gasteiger partial charge in [-0.1, -0.05) is 17.7 Å². The molecule has 0 saturated carbocycles. The Morgan fingerprint density at radius 3 is 2.60 bits per heavy atom. The van der Waals surface area contributed by atoms with Gasteiger partial charge >= 0.3 is 0 Å². The van der Waals surface area contributed by atoms with Gasteiger partial charge in [0.25, 0.3) is 0 Å². The average molecular weight is 366 g/mol. The number of rotatable bonds is 4. The standard InChI is InChI=1S/C18H26N2O4S/c1-15-4-6-16(7-5-15)20(25(2,22)23)12-17(21)19-10-3-8-18(13-19)9-11-24-14-18/h4-7H,3,8-14H2,1-2H3/t18-/m0/s1. The quantitative estimate of drug-likeness (QED) is 0.815. The second-order valence-corrected chi connectivity index (χ2v) is 9.23. The topological polar surface area (TPSA) is 66.9 Å². The molecule has 0 aromatic heterocycles. The molecule has 7 heteroatoms. The lowest BCUT2D eigenvalue weighted by molar-refractivity contribution is -0.133. The van der Waals surface area contributed by atoms with E-state index in [4.69, 9.17) is 4.74 Å². The molecule has 1 atom stereocenters. The van der Waals surface area contributed by atoms with Gasteiger partial charge < -0.3 is 9.64 Å². The zero-order chi connectivity index (χ0) is 18.1. The largest absolute Gasteiger partial charge is 0.381 e. The average Bonchev–Trinajstić information content (AvgIpc) is 3.00. The number of piperidine rings is 1. The summed E-state index contributed by atoms with van der Waals surface area (Å²) < 4.78 is 31.2. The van der Waals surface area contributed by atoms with Gasteiger partial charge in [-0.25, -0.2) is 8.42 Å². The van der Waals surface area contributed by atoms with E-state index in [1.807, 2.05) is 24.0 Å². The van der Waals surface area contributed by atoms with Crippen molar-refractivity contribution in [3.05, 3.63) is 29.8 Å². The number of nitrogens with zero attached hydrogens (tertiary/aromatic N) is 2. The van der Waals surface area contributed by atoms with Gasteiger partial charge in [-0.05, 0) is 38.3 Å². The number of ether oxygens (including phenoxy) is 1. The normalized spacial score (nSPS) is 23.8. The lowest BCUT2D eigenvalue weighted by Gasteiger charge is -2.40. The first-order valence-corrected chi connectivity index (χ1v) is 10.5. The van der Waals surface area contributed by atoms with Crippen LogP contribution in [0.4, 0.5) is 5.69 Å². The fourth-order valence-electron chi connectivity index (χ4n) is 3.73. The van der Waals surface area contributed by atoms with E-state index < -0.39 is 10.0 Å². The highest BCUT2D eigenvalue weighted by Gasteiger charge is 2.40. The highest BCUT2D eigenvalue weighted by Crippen LogP contribution is 2.37. The lowest BCUT2D eigenvalue weighted by Crippen LogP contribution is -2.50. The summed E-state index contributed by atoms with van der Waals surface area (Å²) in [5, 5.41) is 0. The van der Waals surface area contributed by atoms with Crippen LogP contribution in [0, 0.1) is 12.3 Å². The summed E-state index contributed by atoms with van der Waals surface area (Å²) in [6.45, 7) is 4.59. The number of sulfonamides is 1. The lowest BCUT2D eigenvalue weighted by atomic mass is 9.79. The molecule has 6 nitrogen and oxygen atoms in total. The number of hydrogen-bond donors (Lipinski definition) is 0. The monoisotopic (exact) mass is 366 g/mol. The zero-order valence-electron chi connectivity index (χ0n) is 14.9. The molecule has 3 rings (SSSR count). The molecular weight excluding hydrogens is 340 g/mol. The molecule has 0 bridgehead atoms. The van der Waals surface area contributed by atoms with E-state index in [-0.39, 0.29) is 17.9 Å². The van der Waals surface area contributed by atoms with Crippen LogP contribution in [0.2, 0.25) is 0 Å². The number of amides is 1. The predicted octanol–water partition coefficient (Wildman–Crippen LogP) is 1.79. The Morgan fingerprint density at radius 2 is 2.00 bits per heavy atom. The summed E-state index contributed by atoms with van der Waals surface area (Å²) in [6, 6.07) is 7.19. The van der Waals surface area contributed by atoms with E-state index in [2.05, 4.69) is 0 Å². The number of benzene rings is 1. The van der Waals surface area contributed by atoms with Crippen LogP contribution < -0.4 is 4.31 Å². The fraction of sp³-hybridized carbons (Fsp3) is 0.611. The highest BCUT2D eigenvalue weighted by atomic mass is 32.2. The molecule has 138 valence electrons. The van der Waals surface area contributed by atoms with Crippen LogP contribution in [-0.4, -0.2) is 58.3 Å². The molecule has 25 heavy (non-hydrogen) atoms. The van der Waals surface area contributed by atoms with Crippen LogP contribution in [0.25, 0.3) is 0 Å². The van der Waals surface area contributed by atoms with E-state index in [1.165, 1.54) is 4.31 Å². The number of anilines is 1. The number of hydrogen-bond acceptors (Lipinski definition) is 4. The van der Waals surface area contributed by atoms with Crippen LogP contribution in [-0.2, 0) is 19.6 Å². The van der Waals surface area contributed by atoms with Gasteiger partial charge in [0.05, 0.1) is 18.6 Å². The van der Waals surface area contributed by atoms with Crippen molar-refractivity contribution in [1.82, 2.24) is 4.90 Å². The molecule has 2 heterocycles. The smallest absolute Gasteiger partial charge is 0.243 e. The maximum Gasteiger partial charge on any atom is 0.243 e. The van der Waals surface area contributed by atoms with E-state index in [0.717, 1.165) is 37.7 Å². The first-order valence-electron chi connectivity index (χ1n) is 8.69. The summed E-state index contributed by atoms with van der Waals surface area (Å²) >= 11 is 0. The molecule has 0 unspecified atom stereocenters. The Kier molecular flexibility index (Phi) is 5.06. The molecule has 2 fully saturated rings. The van der Waals surface area contributed by atoms with E-state index in [1.54, 1.807) is 12.1 Å². The van der Waals surface area contributed by atoms with Gasteiger partial charge in [0.1, 0.15) is 6.54 Å². The van der Waals surface area contributed by atoms with Gasteiger partial charge in [0.2, 0.25) is 15.9 Å². The van der Waals surface area contributed by atoms with Crippen molar-refractivity contribution in [3.63, 3.8) is 0 Å². The van der Waals surface area contributed by atoms with Gasteiger partial charge in [-0.3, -0.25) is 9.10 Å². The third-order valence-corrected chi connectivity index (χ3v) is 6.34. The van der Waals surface area contributed by atoms with Crippen molar-refractivity contribution in [1.29, 1.82) is 0 Å². The van der Waals surface area contributed by atoms with Crippen molar-refractivity contribution < 1.29 is 17.9 Å². The Hall–Kier alpha value is -1.60. The molecule has 1 amide bonds. The third-order valence-electron chi connectivity index (χ3n) is 5.20. The zero-order valence-corrected chi connectivity index (χ0v) is 15.7. The summed E-state index contributed by atoms with van der Waals surface area (Å²) in [5.74, 6) is -0.142. The Balaban J connectivity index is 1.75. The number of carbonyl (C=O) groups is 1. The van der Waals surface area contributed by atoms with Crippen molar-refractivity contribution >= 4 is 21.6 Å². The third kappa shape index (κ3) is 4.15. The van der Waals surface area contributed by atoms with Crippen molar-refractivity contribution in [3.8, 4) is 0 Å². The second kappa shape index (κ2) is 6.96. The van der Waals surface area contributed by atoms with Gasteiger partial charge in [-0.15, -0.1) is 0 Å². The maximum atomic E-state index is 12.8. The van der Waals surface area contributed by atoms with Crippen LogP contribution in [0.1, 0.15) is 24.8 Å². The molecule has 0 radical (unpaired) electrons. The van der Waals surface area contributed by atoms with E-state index in [0.29, 0.717) is 25.4 Å². The summed E-state index contributed by atoms with van der Waals surface area (Å²) in [5.41, 5.74) is 1.63. The Morgan fingerprint density at radius 1 is 1.28 bits per heavy atom. The van der Waals surface area contributed by atoms with Crippen molar-refractivity contribution in [2.45, 2.75) is 26.2 Å². The van der Waals surface area contributed by atoms with Crippen molar-refractivity contribution in [2.24, 2.45) is 5.41 Å². The summed E-state index contributed by atoms with van der Waals surface area (Å²) in [6.07, 6.45) is 4.14. The van der Waals surface area contributed by atoms with Gasteiger partial charge in [0, 0.05) is 25.1 Å². The van der Waals surface area contributed by atoms with Crippen LogP contribution >= 0.6 is 0 Å².